The summed E-state index contributed by atoms with van der Waals surface area (Å²) >= 11 is 0. The lowest BCUT2D eigenvalue weighted by Gasteiger charge is -2.28. The van der Waals surface area contributed by atoms with Gasteiger partial charge < -0.3 is 5.32 Å². The van der Waals surface area contributed by atoms with Crippen molar-refractivity contribution in [3.63, 3.8) is 0 Å². The highest BCUT2D eigenvalue weighted by Crippen LogP contribution is 2.35. The molecule has 1 atom stereocenters. The lowest BCUT2D eigenvalue weighted by atomic mass is 9.95. The molecule has 4 rings (SSSR count). The van der Waals surface area contributed by atoms with E-state index in [1.54, 1.807) is 26.0 Å². The zero-order chi connectivity index (χ0) is 23.8. The Balaban J connectivity index is 1.47. The molecule has 8 heteroatoms. The summed E-state index contributed by atoms with van der Waals surface area (Å²) in [6.07, 6.45) is 2.32. The zero-order valence-electron chi connectivity index (χ0n) is 19.4. The fourth-order valence-electron chi connectivity index (χ4n) is 4.60. The number of hydrogen-bond donors (Lipinski definition) is 1. The Kier molecular flexibility index (Phi) is 6.33. The van der Waals surface area contributed by atoms with Gasteiger partial charge in [0.1, 0.15) is 0 Å². The van der Waals surface area contributed by atoms with E-state index in [-0.39, 0.29) is 23.4 Å². The van der Waals surface area contributed by atoms with Crippen molar-refractivity contribution in [2.75, 3.05) is 29.7 Å². The molecule has 33 heavy (non-hydrogen) atoms. The van der Waals surface area contributed by atoms with Crippen molar-refractivity contribution >= 4 is 27.5 Å². The number of rotatable bonds is 6. The topological polar surface area (TPSA) is 86.8 Å². The SMILES string of the molecule is Cc1ccc(C(CNC(=O)c2ccc(N3C(=O)C(C)(C)CS3(=O)=O)cc2)N2CCCC2)cc1. The lowest BCUT2D eigenvalue weighted by molar-refractivity contribution is -0.123. The fourth-order valence-corrected chi connectivity index (χ4v) is 6.71. The molecule has 2 aromatic rings. The Labute approximate surface area is 195 Å². The highest BCUT2D eigenvalue weighted by molar-refractivity contribution is 7.94. The summed E-state index contributed by atoms with van der Waals surface area (Å²) in [6, 6.07) is 14.7. The summed E-state index contributed by atoms with van der Waals surface area (Å²) in [5.41, 5.74) is 2.10. The Morgan fingerprint density at radius 3 is 2.18 bits per heavy atom. The van der Waals surface area contributed by atoms with Crippen LogP contribution in [0.2, 0.25) is 0 Å². The van der Waals surface area contributed by atoms with Crippen LogP contribution in [0.1, 0.15) is 54.2 Å². The molecule has 0 radical (unpaired) electrons. The molecule has 2 aromatic carbocycles. The molecule has 176 valence electrons. The maximum absolute atomic E-state index is 12.8. The molecule has 2 aliphatic heterocycles. The molecule has 7 nitrogen and oxygen atoms in total. The van der Waals surface area contributed by atoms with Crippen LogP contribution in [-0.4, -0.2) is 50.5 Å². The van der Waals surface area contributed by atoms with Gasteiger partial charge in [0.2, 0.25) is 15.9 Å². The van der Waals surface area contributed by atoms with E-state index < -0.39 is 21.3 Å². The third-order valence-corrected chi connectivity index (χ3v) is 8.47. The van der Waals surface area contributed by atoms with Crippen LogP contribution in [0.4, 0.5) is 5.69 Å². The molecule has 0 aliphatic carbocycles. The van der Waals surface area contributed by atoms with Crippen LogP contribution in [0.3, 0.4) is 0 Å². The lowest BCUT2D eigenvalue weighted by Crippen LogP contribution is -2.37. The Morgan fingerprint density at radius 2 is 1.64 bits per heavy atom. The highest BCUT2D eigenvalue weighted by atomic mass is 32.2. The van der Waals surface area contributed by atoms with Gasteiger partial charge in [0.15, 0.2) is 0 Å². The molecule has 1 unspecified atom stereocenters. The Morgan fingerprint density at radius 1 is 1.03 bits per heavy atom. The van der Waals surface area contributed by atoms with Gasteiger partial charge in [0.05, 0.1) is 22.9 Å². The number of sulfonamides is 1. The molecule has 2 aliphatic rings. The van der Waals surface area contributed by atoms with Gasteiger partial charge in [-0.15, -0.1) is 0 Å². The quantitative estimate of drug-likeness (QED) is 0.702. The number of nitrogens with zero attached hydrogens (tertiary/aromatic N) is 2. The minimum absolute atomic E-state index is 0.103. The molecule has 0 bridgehead atoms. The van der Waals surface area contributed by atoms with Crippen LogP contribution < -0.4 is 9.62 Å². The number of anilines is 1. The van der Waals surface area contributed by atoms with Crippen molar-refractivity contribution in [1.29, 1.82) is 0 Å². The van der Waals surface area contributed by atoms with Crippen LogP contribution in [0, 0.1) is 12.3 Å². The summed E-state index contributed by atoms with van der Waals surface area (Å²) < 4.78 is 25.8. The molecule has 2 fully saturated rings. The third-order valence-electron chi connectivity index (χ3n) is 6.45. The third kappa shape index (κ3) is 4.82. The van der Waals surface area contributed by atoms with Crippen molar-refractivity contribution in [2.24, 2.45) is 5.41 Å². The van der Waals surface area contributed by atoms with Crippen molar-refractivity contribution in [2.45, 2.75) is 39.7 Å². The van der Waals surface area contributed by atoms with Crippen LogP contribution in [0.15, 0.2) is 48.5 Å². The first kappa shape index (κ1) is 23.4. The second-order valence-corrected chi connectivity index (χ2v) is 11.5. The first-order chi connectivity index (χ1) is 15.6. The van der Waals surface area contributed by atoms with E-state index in [0.29, 0.717) is 12.1 Å². The van der Waals surface area contributed by atoms with E-state index in [1.807, 2.05) is 0 Å². The van der Waals surface area contributed by atoms with E-state index in [0.717, 1.165) is 30.2 Å². The normalized spacial score (nSPS) is 20.7. The van der Waals surface area contributed by atoms with E-state index in [2.05, 4.69) is 41.4 Å². The summed E-state index contributed by atoms with van der Waals surface area (Å²) in [7, 11) is -3.72. The standard InChI is InChI=1S/C25H31N3O4S/c1-18-6-8-19(9-7-18)22(27-14-4-5-15-27)16-26-23(29)20-10-12-21(13-11-20)28-24(30)25(2,3)17-33(28,31)32/h6-13,22H,4-5,14-17H2,1-3H3,(H,26,29). The second-order valence-electron chi connectivity index (χ2n) is 9.64. The van der Waals surface area contributed by atoms with E-state index in [4.69, 9.17) is 0 Å². The summed E-state index contributed by atoms with van der Waals surface area (Å²) in [6.45, 7) is 7.81. The molecule has 2 amide bonds. The van der Waals surface area contributed by atoms with Crippen molar-refractivity contribution in [3.05, 3.63) is 65.2 Å². The van der Waals surface area contributed by atoms with Gasteiger partial charge in [-0.3, -0.25) is 14.5 Å². The van der Waals surface area contributed by atoms with Crippen LogP contribution >= 0.6 is 0 Å². The molecule has 0 spiro atoms. The monoisotopic (exact) mass is 469 g/mol. The number of carbonyl (C=O) groups is 2. The summed E-state index contributed by atoms with van der Waals surface area (Å²) in [5, 5.41) is 3.04. The number of hydrogen-bond acceptors (Lipinski definition) is 5. The first-order valence-electron chi connectivity index (χ1n) is 11.3. The Hall–Kier alpha value is -2.71. The van der Waals surface area contributed by atoms with Gasteiger partial charge in [-0.25, -0.2) is 12.7 Å². The number of aryl methyl sites for hydroxylation is 1. The average Bonchev–Trinajstić information content (AvgIpc) is 3.34. The van der Waals surface area contributed by atoms with Gasteiger partial charge in [-0.1, -0.05) is 29.8 Å². The smallest absolute Gasteiger partial charge is 0.251 e. The number of carbonyl (C=O) groups excluding carboxylic acids is 2. The van der Waals surface area contributed by atoms with Crippen molar-refractivity contribution < 1.29 is 18.0 Å². The van der Waals surface area contributed by atoms with Gasteiger partial charge in [0.25, 0.3) is 5.91 Å². The Bertz CT molecular complexity index is 1140. The molecule has 0 aromatic heterocycles. The molecule has 2 saturated heterocycles. The first-order valence-corrected chi connectivity index (χ1v) is 13.0. The number of benzene rings is 2. The van der Waals surface area contributed by atoms with E-state index in [1.165, 1.54) is 23.3 Å². The maximum Gasteiger partial charge on any atom is 0.251 e. The highest BCUT2D eigenvalue weighted by Gasteiger charge is 2.49. The minimum atomic E-state index is -3.72. The number of amides is 2. The number of likely N-dealkylation sites (tertiary alicyclic amines) is 1. The maximum atomic E-state index is 12.8. The zero-order valence-corrected chi connectivity index (χ0v) is 20.2. The van der Waals surface area contributed by atoms with Gasteiger partial charge >= 0.3 is 0 Å². The van der Waals surface area contributed by atoms with Crippen LogP contribution in [0.25, 0.3) is 0 Å². The van der Waals surface area contributed by atoms with Gasteiger partial charge in [-0.2, -0.15) is 0 Å². The summed E-state index contributed by atoms with van der Waals surface area (Å²) in [5.74, 6) is -0.905. The predicted molar refractivity (Wildman–Crippen MR) is 129 cm³/mol. The molecular formula is C25H31N3O4S. The second kappa shape index (κ2) is 8.91. The van der Waals surface area contributed by atoms with Gasteiger partial charge in [-0.05, 0) is 76.5 Å². The minimum Gasteiger partial charge on any atom is -0.350 e. The molecule has 2 heterocycles. The van der Waals surface area contributed by atoms with Crippen LogP contribution in [0.5, 0.6) is 0 Å². The van der Waals surface area contributed by atoms with Crippen LogP contribution in [-0.2, 0) is 14.8 Å². The summed E-state index contributed by atoms with van der Waals surface area (Å²) in [4.78, 5) is 27.8. The van der Waals surface area contributed by atoms with Crippen molar-refractivity contribution in [1.82, 2.24) is 10.2 Å². The van der Waals surface area contributed by atoms with Crippen molar-refractivity contribution in [3.8, 4) is 0 Å². The molecule has 0 saturated carbocycles. The largest absolute Gasteiger partial charge is 0.350 e. The molecular weight excluding hydrogens is 438 g/mol. The van der Waals surface area contributed by atoms with E-state index in [9.17, 15) is 18.0 Å². The predicted octanol–water partition coefficient (Wildman–Crippen LogP) is 3.26. The molecule has 1 N–H and O–H groups in total. The van der Waals surface area contributed by atoms with Gasteiger partial charge in [0, 0.05) is 12.1 Å². The fraction of sp³-hybridized carbons (Fsp3) is 0.440. The van der Waals surface area contributed by atoms with E-state index >= 15 is 0 Å². The average molecular weight is 470 g/mol. The number of nitrogens with one attached hydrogen (secondary N) is 1.